The van der Waals surface area contributed by atoms with Gasteiger partial charge < -0.3 is 11.1 Å². The van der Waals surface area contributed by atoms with Gasteiger partial charge in [-0.2, -0.15) is 0 Å². The largest absolute Gasteiger partial charge is 0.388 e. The molecule has 0 aliphatic heterocycles. The van der Waals surface area contributed by atoms with E-state index in [2.05, 4.69) is 26.2 Å². The zero-order chi connectivity index (χ0) is 12.3. The predicted molar refractivity (Wildman–Crippen MR) is 77.5 cm³/mol. The standard InChI is InChI=1S/C12H10BrN3S/c13-8-2-1-3-9(6-8)16-10-4-5-15-11(7-10)12(14)17/h1-7H,(H2,14,17)(H,15,16). The topological polar surface area (TPSA) is 50.9 Å². The molecule has 0 saturated carbocycles. The highest BCUT2D eigenvalue weighted by Gasteiger charge is 2.00. The average molecular weight is 308 g/mol. The van der Waals surface area contributed by atoms with Crippen LogP contribution in [0.2, 0.25) is 0 Å². The third kappa shape index (κ3) is 3.25. The molecule has 3 N–H and O–H groups in total. The second-order valence-corrected chi connectivity index (χ2v) is 4.78. The van der Waals surface area contributed by atoms with E-state index in [0.29, 0.717) is 10.7 Å². The van der Waals surface area contributed by atoms with E-state index in [1.165, 1.54) is 0 Å². The molecular formula is C12H10BrN3S. The quantitative estimate of drug-likeness (QED) is 0.855. The maximum absolute atomic E-state index is 5.53. The number of rotatable bonds is 3. The van der Waals surface area contributed by atoms with Crippen LogP contribution in [0.25, 0.3) is 0 Å². The van der Waals surface area contributed by atoms with Crippen molar-refractivity contribution in [3.63, 3.8) is 0 Å². The van der Waals surface area contributed by atoms with Crippen LogP contribution in [0.15, 0.2) is 47.1 Å². The normalized spacial score (nSPS) is 9.94. The summed E-state index contributed by atoms with van der Waals surface area (Å²) < 4.78 is 1.02. The summed E-state index contributed by atoms with van der Waals surface area (Å²) in [5.74, 6) is 0. The SMILES string of the molecule is NC(=S)c1cc(Nc2cccc(Br)c2)ccn1. The van der Waals surface area contributed by atoms with Crippen LogP contribution in [-0.2, 0) is 0 Å². The van der Waals surface area contributed by atoms with Gasteiger partial charge in [0.15, 0.2) is 0 Å². The Labute approximate surface area is 113 Å². The minimum Gasteiger partial charge on any atom is -0.388 e. The third-order valence-electron chi connectivity index (χ3n) is 2.13. The molecule has 0 amide bonds. The number of hydrogen-bond donors (Lipinski definition) is 2. The summed E-state index contributed by atoms with van der Waals surface area (Å²) in [6.07, 6.45) is 1.68. The first-order chi connectivity index (χ1) is 8.15. The Morgan fingerprint density at radius 1 is 1.24 bits per heavy atom. The number of halogens is 1. The lowest BCUT2D eigenvalue weighted by Crippen LogP contribution is -2.11. The number of nitrogens with zero attached hydrogens (tertiary/aromatic N) is 1. The van der Waals surface area contributed by atoms with Crippen LogP contribution >= 0.6 is 28.1 Å². The molecule has 0 unspecified atom stereocenters. The van der Waals surface area contributed by atoms with Crippen LogP contribution in [0.3, 0.4) is 0 Å². The first-order valence-corrected chi connectivity index (χ1v) is 6.14. The van der Waals surface area contributed by atoms with Gasteiger partial charge in [-0.05, 0) is 30.3 Å². The highest BCUT2D eigenvalue weighted by atomic mass is 79.9. The van der Waals surface area contributed by atoms with Gasteiger partial charge in [0.05, 0.1) is 5.69 Å². The van der Waals surface area contributed by atoms with Gasteiger partial charge in [0.2, 0.25) is 0 Å². The second-order valence-electron chi connectivity index (χ2n) is 3.43. The van der Waals surface area contributed by atoms with Crippen molar-refractivity contribution in [3.05, 3.63) is 52.8 Å². The van der Waals surface area contributed by atoms with Gasteiger partial charge in [0.25, 0.3) is 0 Å². The Morgan fingerprint density at radius 3 is 2.71 bits per heavy atom. The van der Waals surface area contributed by atoms with Crippen LogP contribution in [-0.4, -0.2) is 9.97 Å². The molecular weight excluding hydrogens is 298 g/mol. The van der Waals surface area contributed by atoms with Crippen molar-refractivity contribution >= 4 is 44.5 Å². The fourth-order valence-electron chi connectivity index (χ4n) is 1.38. The molecule has 2 aromatic rings. The maximum Gasteiger partial charge on any atom is 0.122 e. The van der Waals surface area contributed by atoms with Crippen LogP contribution in [0.1, 0.15) is 5.69 Å². The first-order valence-electron chi connectivity index (χ1n) is 4.93. The van der Waals surface area contributed by atoms with Gasteiger partial charge >= 0.3 is 0 Å². The van der Waals surface area contributed by atoms with Crippen molar-refractivity contribution in [3.8, 4) is 0 Å². The van der Waals surface area contributed by atoms with Crippen LogP contribution in [0.5, 0.6) is 0 Å². The van der Waals surface area contributed by atoms with Crippen molar-refractivity contribution in [2.75, 3.05) is 5.32 Å². The minimum absolute atomic E-state index is 0.294. The summed E-state index contributed by atoms with van der Waals surface area (Å²) in [5.41, 5.74) is 8.03. The molecule has 0 radical (unpaired) electrons. The van der Waals surface area contributed by atoms with Crippen molar-refractivity contribution in [2.45, 2.75) is 0 Å². The number of nitrogens with two attached hydrogens (primary N) is 1. The molecule has 3 nitrogen and oxygen atoms in total. The number of anilines is 2. The molecule has 0 aliphatic rings. The fourth-order valence-corrected chi connectivity index (χ4v) is 1.89. The summed E-state index contributed by atoms with van der Waals surface area (Å²) >= 11 is 8.31. The summed E-state index contributed by atoms with van der Waals surface area (Å²) in [6.45, 7) is 0. The van der Waals surface area contributed by atoms with Crippen molar-refractivity contribution in [1.82, 2.24) is 4.98 Å². The molecule has 0 fully saturated rings. The van der Waals surface area contributed by atoms with Gasteiger partial charge in [-0.3, -0.25) is 4.98 Å². The molecule has 1 heterocycles. The number of thiocarbonyl (C=S) groups is 1. The maximum atomic E-state index is 5.53. The van der Waals surface area contributed by atoms with E-state index < -0.39 is 0 Å². The van der Waals surface area contributed by atoms with Crippen molar-refractivity contribution < 1.29 is 0 Å². The Balaban J connectivity index is 2.24. The Bertz CT molecular complexity index is 557. The highest BCUT2D eigenvalue weighted by molar-refractivity contribution is 9.10. The van der Waals surface area contributed by atoms with Crippen LogP contribution in [0, 0.1) is 0 Å². The van der Waals surface area contributed by atoms with E-state index >= 15 is 0 Å². The summed E-state index contributed by atoms with van der Waals surface area (Å²) in [6, 6.07) is 11.6. The molecule has 2 rings (SSSR count). The number of nitrogens with one attached hydrogen (secondary N) is 1. The van der Waals surface area contributed by atoms with Gasteiger partial charge in [-0.1, -0.05) is 34.2 Å². The van der Waals surface area contributed by atoms with E-state index in [-0.39, 0.29) is 0 Å². The fraction of sp³-hybridized carbons (Fsp3) is 0. The first kappa shape index (κ1) is 12.0. The minimum atomic E-state index is 0.294. The molecule has 0 atom stereocenters. The molecule has 0 saturated heterocycles. The lowest BCUT2D eigenvalue weighted by atomic mass is 10.2. The van der Waals surface area contributed by atoms with E-state index in [9.17, 15) is 0 Å². The van der Waals surface area contributed by atoms with Crippen molar-refractivity contribution in [1.29, 1.82) is 0 Å². The molecule has 0 aliphatic carbocycles. The Morgan fingerprint density at radius 2 is 2.00 bits per heavy atom. The van der Waals surface area contributed by atoms with Crippen molar-refractivity contribution in [2.24, 2.45) is 5.73 Å². The van der Waals surface area contributed by atoms with E-state index in [1.807, 2.05) is 36.4 Å². The lowest BCUT2D eigenvalue weighted by molar-refractivity contribution is 1.29. The highest BCUT2D eigenvalue weighted by Crippen LogP contribution is 2.20. The third-order valence-corrected chi connectivity index (χ3v) is 2.83. The van der Waals surface area contributed by atoms with E-state index in [4.69, 9.17) is 18.0 Å². The summed E-state index contributed by atoms with van der Waals surface area (Å²) in [7, 11) is 0. The smallest absolute Gasteiger partial charge is 0.122 e. The van der Waals surface area contributed by atoms with E-state index in [0.717, 1.165) is 15.8 Å². The Kier molecular flexibility index (Phi) is 3.71. The van der Waals surface area contributed by atoms with Crippen LogP contribution < -0.4 is 11.1 Å². The van der Waals surface area contributed by atoms with E-state index in [1.54, 1.807) is 6.20 Å². The number of pyridine rings is 1. The zero-order valence-corrected chi connectivity index (χ0v) is 11.3. The van der Waals surface area contributed by atoms with Gasteiger partial charge in [-0.25, -0.2) is 0 Å². The molecule has 1 aromatic carbocycles. The second kappa shape index (κ2) is 5.25. The molecule has 1 aromatic heterocycles. The number of hydrogen-bond acceptors (Lipinski definition) is 3. The van der Waals surface area contributed by atoms with Gasteiger partial charge in [0, 0.05) is 22.0 Å². The monoisotopic (exact) mass is 307 g/mol. The number of aromatic nitrogens is 1. The molecule has 86 valence electrons. The zero-order valence-electron chi connectivity index (χ0n) is 8.85. The summed E-state index contributed by atoms with van der Waals surface area (Å²) in [5, 5.41) is 3.25. The molecule has 17 heavy (non-hydrogen) atoms. The Hall–Kier alpha value is -1.46. The van der Waals surface area contributed by atoms with Gasteiger partial charge in [0.1, 0.15) is 4.99 Å². The predicted octanol–water partition coefficient (Wildman–Crippen LogP) is 3.22. The summed E-state index contributed by atoms with van der Waals surface area (Å²) in [4.78, 5) is 4.38. The molecule has 0 spiro atoms. The van der Waals surface area contributed by atoms with Gasteiger partial charge in [-0.15, -0.1) is 0 Å². The lowest BCUT2D eigenvalue weighted by Gasteiger charge is -2.07. The van der Waals surface area contributed by atoms with Crippen LogP contribution in [0.4, 0.5) is 11.4 Å². The number of benzene rings is 1. The molecule has 0 bridgehead atoms. The molecule has 5 heteroatoms. The average Bonchev–Trinajstić information content (AvgIpc) is 2.29.